The first-order chi connectivity index (χ1) is 49.0. The van der Waals surface area contributed by atoms with Crippen LogP contribution in [0.4, 0.5) is 0 Å². The quantitative estimate of drug-likeness (QED) is 0.0195. The zero-order valence-corrected chi connectivity index (χ0v) is 65.5. The number of phosphoric acid groups is 1. The molecule has 0 aromatic carbocycles. The van der Waals surface area contributed by atoms with Gasteiger partial charge in [0.25, 0.3) is 7.82 Å². The highest BCUT2D eigenvalue weighted by Crippen LogP contribution is 2.38. The molecule has 0 saturated carbocycles. The van der Waals surface area contributed by atoms with Gasteiger partial charge in [0.15, 0.2) is 6.10 Å². The van der Waals surface area contributed by atoms with Crippen LogP contribution >= 0.6 is 7.82 Å². The molecule has 0 radical (unpaired) electrons. The summed E-state index contributed by atoms with van der Waals surface area (Å²) in [4.78, 5) is 38.2. The molecule has 0 rings (SSSR count). The second-order valence-electron chi connectivity index (χ2n) is 27.3. The van der Waals surface area contributed by atoms with Gasteiger partial charge in [-0.2, -0.15) is 0 Å². The maximum absolute atomic E-state index is 12.9. The lowest BCUT2D eigenvalue weighted by Crippen LogP contribution is -2.37. The SMILES string of the molecule is CC/C=C\C/C=C\C/C=C\C/C=C\C/C=C\C/C=C\C/C=C\C/C=C\C/C=C\C/C=C\CCCCCCCCCCC(=O)OC(COC(=O)CCCCCCCCCCCCCCCCCCCC/C=C\C/C=C\C/C=C\C/C=C\C/C=C\C/C=C\CC)COP(=O)([O-])OCC[N+](C)(C)C. The Balaban J connectivity index is 4.06. The van der Waals surface area contributed by atoms with Gasteiger partial charge in [0.1, 0.15) is 19.8 Å². The fraction of sp³-hybridized carbons (Fsp3) is 0.622. The highest BCUT2D eigenvalue weighted by Gasteiger charge is 2.22. The minimum Gasteiger partial charge on any atom is -0.756 e. The van der Waals surface area contributed by atoms with E-state index in [0.717, 1.165) is 148 Å². The summed E-state index contributed by atoms with van der Waals surface area (Å²) in [6, 6.07) is 0. The largest absolute Gasteiger partial charge is 0.756 e. The number of carbonyl (C=O) groups is 2. The van der Waals surface area contributed by atoms with Crippen molar-refractivity contribution in [3.63, 3.8) is 0 Å². The van der Waals surface area contributed by atoms with Crippen molar-refractivity contribution < 1.29 is 42.1 Å². The predicted molar refractivity (Wildman–Crippen MR) is 433 cm³/mol. The van der Waals surface area contributed by atoms with Crippen molar-refractivity contribution in [3.8, 4) is 0 Å². The number of carbonyl (C=O) groups excluding carboxylic acids is 2. The van der Waals surface area contributed by atoms with Gasteiger partial charge in [0, 0.05) is 12.8 Å². The van der Waals surface area contributed by atoms with Gasteiger partial charge in [-0.05, 0) is 141 Å². The molecule has 2 unspecified atom stereocenters. The number of esters is 2. The van der Waals surface area contributed by atoms with Crippen molar-refractivity contribution in [1.82, 2.24) is 0 Å². The Morgan fingerprint density at radius 2 is 0.540 bits per heavy atom. The van der Waals surface area contributed by atoms with Crippen molar-refractivity contribution in [2.24, 2.45) is 0 Å². The number of quaternary nitrogens is 1. The van der Waals surface area contributed by atoms with E-state index >= 15 is 0 Å². The van der Waals surface area contributed by atoms with Gasteiger partial charge in [-0.25, -0.2) is 0 Å². The van der Waals surface area contributed by atoms with Crippen molar-refractivity contribution in [2.75, 3.05) is 47.5 Å². The molecule has 0 saturated heterocycles. The zero-order valence-electron chi connectivity index (χ0n) is 64.6. The summed E-state index contributed by atoms with van der Waals surface area (Å²) in [6.45, 7) is 4.01. The van der Waals surface area contributed by atoms with Crippen molar-refractivity contribution >= 4 is 19.8 Å². The summed E-state index contributed by atoms with van der Waals surface area (Å²) in [5.41, 5.74) is 0. The normalized spacial score (nSPS) is 14.1. The standard InChI is InChI=1S/C90H148NO8P/c1-6-8-10-12-14-16-18-20-22-24-26-28-30-32-34-36-38-40-42-44-45-47-49-51-53-55-57-59-61-63-65-67-69-71-73-75-77-79-81-83-90(93)99-88(87-98-100(94,95)97-85-84-91(3,4)5)86-96-89(92)82-80-78-76-74-72-70-68-66-64-62-60-58-56-54-52-50-48-46-43-41-39-37-35-33-31-29-27-25-23-21-19-17-15-13-11-9-7-2/h8-11,14-17,20-23,26-29,32-35,38-41,44-45,49,51,55,57,61,63,88H,6-7,12-13,18-19,24-25,30-31,36-37,42-43,46-48,50,52-54,56,58-60,62,64-87H2,1-5H3/b10-8-,11-9-,16-14-,17-15-,22-20-,23-21-,28-26-,29-27-,34-32-,35-33-,40-38-,41-39-,45-44-,51-49-,57-55-,63-61-. The van der Waals surface area contributed by atoms with Crippen LogP contribution in [-0.4, -0.2) is 70.0 Å². The minimum absolute atomic E-state index is 0.0405. The van der Waals surface area contributed by atoms with Crippen LogP contribution in [0.3, 0.4) is 0 Å². The smallest absolute Gasteiger partial charge is 0.306 e. The number of allylic oxidation sites excluding steroid dienone is 32. The second kappa shape index (κ2) is 78.0. The molecule has 0 aromatic rings. The third-order valence-electron chi connectivity index (χ3n) is 16.6. The number of phosphoric ester groups is 1. The molecular formula is C90H148NO8P. The van der Waals surface area contributed by atoms with E-state index in [4.69, 9.17) is 18.5 Å². The summed E-state index contributed by atoms with van der Waals surface area (Å²) < 4.78 is 34.4. The monoisotopic (exact) mass is 1400 g/mol. The lowest BCUT2D eigenvalue weighted by Gasteiger charge is -2.28. The minimum atomic E-state index is -4.66. The van der Waals surface area contributed by atoms with Crippen LogP contribution in [0.1, 0.15) is 309 Å². The third kappa shape index (κ3) is 81.8. The Morgan fingerprint density at radius 3 is 0.800 bits per heavy atom. The van der Waals surface area contributed by atoms with E-state index in [1.54, 1.807) is 0 Å². The summed E-state index contributed by atoms with van der Waals surface area (Å²) in [6.07, 6.45) is 121. The molecular weight excluding hydrogens is 1250 g/mol. The molecule has 100 heavy (non-hydrogen) atoms. The van der Waals surface area contributed by atoms with Gasteiger partial charge in [0.05, 0.1) is 27.7 Å². The number of nitrogens with zero attached hydrogens (tertiary/aromatic N) is 1. The Bertz CT molecular complexity index is 2400. The van der Waals surface area contributed by atoms with Crippen molar-refractivity contribution in [1.29, 1.82) is 0 Å². The Morgan fingerprint density at radius 1 is 0.310 bits per heavy atom. The lowest BCUT2D eigenvalue weighted by molar-refractivity contribution is -0.870. The molecule has 0 fully saturated rings. The first-order valence-corrected chi connectivity index (χ1v) is 41.6. The number of hydrogen-bond acceptors (Lipinski definition) is 8. The van der Waals surface area contributed by atoms with Gasteiger partial charge in [-0.3, -0.25) is 14.2 Å². The van der Waals surface area contributed by atoms with Crippen LogP contribution in [0.2, 0.25) is 0 Å². The van der Waals surface area contributed by atoms with Gasteiger partial charge in [-0.15, -0.1) is 0 Å². The van der Waals surface area contributed by atoms with Gasteiger partial charge in [0.2, 0.25) is 0 Å². The van der Waals surface area contributed by atoms with Gasteiger partial charge in [-0.1, -0.05) is 350 Å². The summed E-state index contributed by atoms with van der Waals surface area (Å²) in [5, 5.41) is 0. The molecule has 0 aliphatic carbocycles. The number of hydrogen-bond donors (Lipinski definition) is 0. The van der Waals surface area contributed by atoms with E-state index in [0.29, 0.717) is 17.4 Å². The number of rotatable bonds is 72. The van der Waals surface area contributed by atoms with E-state index in [1.165, 1.54) is 128 Å². The summed E-state index contributed by atoms with van der Waals surface area (Å²) in [5.74, 6) is -0.846. The predicted octanol–water partition coefficient (Wildman–Crippen LogP) is 26.5. The number of unbranched alkanes of at least 4 members (excludes halogenated alkanes) is 26. The van der Waals surface area contributed by atoms with E-state index < -0.39 is 26.5 Å². The number of ether oxygens (including phenoxy) is 2. The Hall–Kier alpha value is -5.15. The fourth-order valence-electron chi connectivity index (χ4n) is 10.6. The van der Waals surface area contributed by atoms with Crippen LogP contribution in [0.5, 0.6) is 0 Å². The molecule has 0 aliphatic rings. The molecule has 10 heteroatoms. The molecule has 566 valence electrons. The molecule has 2 atom stereocenters. The molecule has 0 spiro atoms. The van der Waals surface area contributed by atoms with Crippen LogP contribution in [-0.2, 0) is 32.7 Å². The van der Waals surface area contributed by atoms with Crippen molar-refractivity contribution in [2.45, 2.75) is 315 Å². The first kappa shape index (κ1) is 94.8. The Kier molecular flexibility index (Phi) is 74.0. The van der Waals surface area contributed by atoms with Crippen LogP contribution < -0.4 is 4.89 Å². The van der Waals surface area contributed by atoms with Crippen molar-refractivity contribution in [3.05, 3.63) is 194 Å². The first-order valence-electron chi connectivity index (χ1n) is 40.1. The zero-order chi connectivity index (χ0) is 72.5. The second-order valence-corrected chi connectivity index (χ2v) is 28.7. The van der Waals surface area contributed by atoms with E-state index in [9.17, 15) is 19.0 Å². The average molecular weight is 1400 g/mol. The molecule has 0 aromatic heterocycles. The highest BCUT2D eigenvalue weighted by atomic mass is 31.2. The van der Waals surface area contributed by atoms with Crippen LogP contribution in [0.25, 0.3) is 0 Å². The van der Waals surface area contributed by atoms with Crippen LogP contribution in [0, 0.1) is 0 Å². The molecule has 0 bridgehead atoms. The van der Waals surface area contributed by atoms with Gasteiger partial charge >= 0.3 is 11.9 Å². The van der Waals surface area contributed by atoms with E-state index in [2.05, 4.69) is 208 Å². The number of likely N-dealkylation sites (N-methyl/N-ethyl adjacent to an activating group) is 1. The lowest BCUT2D eigenvalue weighted by atomic mass is 10.0. The van der Waals surface area contributed by atoms with Crippen LogP contribution in [0.15, 0.2) is 194 Å². The summed E-state index contributed by atoms with van der Waals surface area (Å²) in [7, 11) is 1.15. The topological polar surface area (TPSA) is 111 Å². The molecule has 0 N–H and O–H groups in total. The third-order valence-corrected chi connectivity index (χ3v) is 17.6. The summed E-state index contributed by atoms with van der Waals surface area (Å²) >= 11 is 0. The maximum Gasteiger partial charge on any atom is 0.306 e. The maximum atomic E-state index is 12.9. The molecule has 9 nitrogen and oxygen atoms in total. The van der Waals surface area contributed by atoms with E-state index in [1.807, 2.05) is 21.1 Å². The highest BCUT2D eigenvalue weighted by molar-refractivity contribution is 7.45. The average Bonchev–Trinajstić information content (AvgIpc) is 1.07. The van der Waals surface area contributed by atoms with Gasteiger partial charge < -0.3 is 27.9 Å². The van der Waals surface area contributed by atoms with E-state index in [-0.39, 0.29) is 32.0 Å². The molecule has 0 heterocycles. The molecule has 0 aliphatic heterocycles. The Labute approximate surface area is 615 Å². The molecule has 0 amide bonds. The fourth-order valence-corrected chi connectivity index (χ4v) is 11.3.